The third-order valence-corrected chi connectivity index (χ3v) is 3.68. The number of carbonyl (C=O) groups is 1. The molecule has 0 aliphatic rings. The molecule has 5 nitrogen and oxygen atoms in total. The van der Waals surface area contributed by atoms with Crippen molar-refractivity contribution in [2.45, 2.75) is 84.0 Å². The summed E-state index contributed by atoms with van der Waals surface area (Å²) in [5.41, 5.74) is 0.297. The van der Waals surface area contributed by atoms with Gasteiger partial charge in [0.25, 0.3) is 0 Å². The molecule has 0 radical (unpaired) electrons. The largest absolute Gasteiger partial charge is 0.481 e. The molecule has 0 aromatic carbocycles. The molecule has 0 aromatic rings. The van der Waals surface area contributed by atoms with E-state index in [1.807, 2.05) is 12.2 Å². The quantitative estimate of drug-likeness (QED) is 0.187. The molecule has 0 saturated carbocycles. The summed E-state index contributed by atoms with van der Waals surface area (Å²) in [5.74, 6) is -0.725. The van der Waals surface area contributed by atoms with E-state index in [-0.39, 0.29) is 11.3 Å². The first-order valence-corrected chi connectivity index (χ1v) is 8.78. The van der Waals surface area contributed by atoms with Gasteiger partial charge in [-0.15, -0.1) is 0 Å². The average Bonchev–Trinajstić information content (AvgIpc) is 2.50. The predicted octanol–water partition coefficient (Wildman–Crippen LogP) is 5.49. The Balaban J connectivity index is 3.72. The monoisotopic (exact) mass is 325 g/mol. The molecule has 1 N–H and O–H groups in total. The van der Waals surface area contributed by atoms with Crippen molar-refractivity contribution in [1.82, 2.24) is 0 Å². The topological polar surface area (TPSA) is 80.4 Å². The molecule has 0 bridgehead atoms. The molecule has 0 atom stereocenters. The van der Waals surface area contributed by atoms with Crippen LogP contribution < -0.4 is 0 Å². The van der Waals surface area contributed by atoms with E-state index in [0.717, 1.165) is 64.2 Å². The lowest BCUT2D eigenvalue weighted by Gasteiger charge is -1.98. The summed E-state index contributed by atoms with van der Waals surface area (Å²) in [6.07, 6.45) is 16.2. The minimum absolute atomic E-state index is 0.258. The van der Waals surface area contributed by atoms with Crippen LogP contribution in [0.15, 0.2) is 23.9 Å². The van der Waals surface area contributed by atoms with Gasteiger partial charge in [-0.2, -0.15) is 0 Å². The summed E-state index contributed by atoms with van der Waals surface area (Å²) in [6.45, 7) is 2.12. The van der Waals surface area contributed by atoms with Gasteiger partial charge in [0.15, 0.2) is 0 Å². The molecule has 0 rings (SSSR count). The van der Waals surface area contributed by atoms with E-state index in [4.69, 9.17) is 5.11 Å². The highest BCUT2D eigenvalue weighted by Gasteiger charge is 2.06. The first-order valence-electron chi connectivity index (χ1n) is 8.78. The Labute approximate surface area is 139 Å². The Kier molecular flexibility index (Phi) is 14.2. The molecule has 0 fully saturated rings. The molecule has 0 spiro atoms. The highest BCUT2D eigenvalue weighted by atomic mass is 16.6. The zero-order valence-corrected chi connectivity index (χ0v) is 14.3. The number of hydrogen-bond donors (Lipinski definition) is 1. The zero-order valence-electron chi connectivity index (χ0n) is 14.3. The number of aliphatic carboxylic acids is 1. The van der Waals surface area contributed by atoms with Gasteiger partial charge in [0.1, 0.15) is 0 Å². The molecule has 5 heteroatoms. The highest BCUT2D eigenvalue weighted by Crippen LogP contribution is 2.11. The van der Waals surface area contributed by atoms with Gasteiger partial charge in [-0.25, -0.2) is 0 Å². The molecule has 0 unspecified atom stereocenters. The van der Waals surface area contributed by atoms with Gasteiger partial charge < -0.3 is 5.11 Å². The van der Waals surface area contributed by atoms with E-state index >= 15 is 0 Å². The van der Waals surface area contributed by atoms with Crippen molar-refractivity contribution in [3.8, 4) is 0 Å². The third-order valence-electron chi connectivity index (χ3n) is 3.68. The predicted molar refractivity (Wildman–Crippen MR) is 92.9 cm³/mol. The number of unbranched alkanes of at least 4 members (excludes halogenated alkanes) is 8. The van der Waals surface area contributed by atoms with Gasteiger partial charge in [0.2, 0.25) is 5.70 Å². The number of allylic oxidation sites excluding steroid dienone is 3. The van der Waals surface area contributed by atoms with Gasteiger partial charge in [-0.3, -0.25) is 14.9 Å². The number of rotatable bonds is 15. The van der Waals surface area contributed by atoms with Gasteiger partial charge in [-0.05, 0) is 38.2 Å². The van der Waals surface area contributed by atoms with Crippen LogP contribution in [0.4, 0.5) is 0 Å². The van der Waals surface area contributed by atoms with Gasteiger partial charge in [0, 0.05) is 6.42 Å². The van der Waals surface area contributed by atoms with E-state index < -0.39 is 5.97 Å². The molecule has 132 valence electrons. The standard InChI is InChI=1S/C18H31NO4/c1-2-3-4-11-14-17(19(22)23)15-12-9-7-5-6-8-10-13-16-18(20)21/h9,12,14H,2-8,10-11,13,15-16H2,1H3,(H,20,21)/b12-9+,17-14-. The number of carboxylic acids is 1. The summed E-state index contributed by atoms with van der Waals surface area (Å²) >= 11 is 0. The Hall–Kier alpha value is -1.65. The molecule has 0 saturated heterocycles. The van der Waals surface area contributed by atoms with Crippen LogP contribution in [0.3, 0.4) is 0 Å². The molecular formula is C18H31NO4. The van der Waals surface area contributed by atoms with Crippen LogP contribution in [0.25, 0.3) is 0 Å². The second-order valence-corrected chi connectivity index (χ2v) is 5.82. The van der Waals surface area contributed by atoms with Gasteiger partial charge >= 0.3 is 5.97 Å². The fourth-order valence-electron chi connectivity index (χ4n) is 2.29. The summed E-state index contributed by atoms with van der Waals surface area (Å²) in [6, 6.07) is 0. The van der Waals surface area contributed by atoms with E-state index in [0.29, 0.717) is 12.1 Å². The van der Waals surface area contributed by atoms with Crippen molar-refractivity contribution in [2.75, 3.05) is 0 Å². The smallest absolute Gasteiger partial charge is 0.303 e. The zero-order chi connectivity index (χ0) is 17.3. The minimum atomic E-state index is -0.725. The maximum atomic E-state index is 10.9. The van der Waals surface area contributed by atoms with E-state index in [2.05, 4.69) is 6.92 Å². The third kappa shape index (κ3) is 15.0. The van der Waals surface area contributed by atoms with Crippen molar-refractivity contribution in [3.63, 3.8) is 0 Å². The fraction of sp³-hybridized carbons (Fsp3) is 0.722. The van der Waals surface area contributed by atoms with E-state index in [9.17, 15) is 14.9 Å². The van der Waals surface area contributed by atoms with Crippen molar-refractivity contribution < 1.29 is 14.8 Å². The van der Waals surface area contributed by atoms with Gasteiger partial charge in [0.05, 0.1) is 11.3 Å². The van der Waals surface area contributed by atoms with Crippen molar-refractivity contribution in [2.24, 2.45) is 0 Å². The highest BCUT2D eigenvalue weighted by molar-refractivity contribution is 5.66. The summed E-state index contributed by atoms with van der Waals surface area (Å²) in [5, 5.41) is 19.5. The Bertz CT molecular complexity index is 388. The Morgan fingerprint density at radius 2 is 1.65 bits per heavy atom. The average molecular weight is 325 g/mol. The van der Waals surface area contributed by atoms with Crippen molar-refractivity contribution in [1.29, 1.82) is 0 Å². The van der Waals surface area contributed by atoms with Crippen LogP contribution in [0.1, 0.15) is 84.0 Å². The molecule has 0 aliphatic heterocycles. The summed E-state index contributed by atoms with van der Waals surface area (Å²) in [4.78, 5) is 21.0. The Morgan fingerprint density at radius 3 is 2.30 bits per heavy atom. The second-order valence-electron chi connectivity index (χ2n) is 5.82. The molecule has 0 heterocycles. The fourth-order valence-corrected chi connectivity index (χ4v) is 2.29. The molecule has 0 aliphatic carbocycles. The van der Waals surface area contributed by atoms with Crippen LogP contribution in [0.5, 0.6) is 0 Å². The van der Waals surface area contributed by atoms with Crippen LogP contribution in [-0.4, -0.2) is 16.0 Å². The van der Waals surface area contributed by atoms with Crippen LogP contribution >= 0.6 is 0 Å². The van der Waals surface area contributed by atoms with Crippen LogP contribution in [0, 0.1) is 10.1 Å². The number of nitrogens with zero attached hydrogens (tertiary/aromatic N) is 1. The SMILES string of the molecule is CCCCC/C=C(/C/C=C/CCCCCCCC(=O)O)[N+](=O)[O-]. The normalized spacial score (nSPS) is 12.0. The first-order chi connectivity index (χ1) is 11.1. The number of carboxylic acid groups (broad SMARTS) is 1. The number of hydrogen-bond acceptors (Lipinski definition) is 3. The van der Waals surface area contributed by atoms with Crippen LogP contribution in [0.2, 0.25) is 0 Å². The molecule has 0 amide bonds. The lowest BCUT2D eigenvalue weighted by atomic mass is 10.1. The summed E-state index contributed by atoms with van der Waals surface area (Å²) < 4.78 is 0. The Morgan fingerprint density at radius 1 is 1.00 bits per heavy atom. The van der Waals surface area contributed by atoms with Crippen molar-refractivity contribution in [3.05, 3.63) is 34.0 Å². The lowest BCUT2D eigenvalue weighted by Crippen LogP contribution is -1.97. The number of nitro groups is 1. The minimum Gasteiger partial charge on any atom is -0.481 e. The van der Waals surface area contributed by atoms with E-state index in [1.54, 1.807) is 6.08 Å². The molecule has 23 heavy (non-hydrogen) atoms. The van der Waals surface area contributed by atoms with Crippen molar-refractivity contribution >= 4 is 5.97 Å². The second kappa shape index (κ2) is 15.3. The first kappa shape index (κ1) is 21.4. The molecular weight excluding hydrogens is 294 g/mol. The van der Waals surface area contributed by atoms with Crippen LogP contribution in [-0.2, 0) is 4.79 Å². The molecule has 0 aromatic heterocycles. The maximum absolute atomic E-state index is 10.9. The van der Waals surface area contributed by atoms with Gasteiger partial charge in [-0.1, -0.05) is 51.2 Å². The maximum Gasteiger partial charge on any atom is 0.303 e. The summed E-state index contributed by atoms with van der Waals surface area (Å²) in [7, 11) is 0. The van der Waals surface area contributed by atoms with E-state index in [1.165, 1.54) is 0 Å². The lowest BCUT2D eigenvalue weighted by molar-refractivity contribution is -0.427.